The number of hydrogen-bond acceptors (Lipinski definition) is 4. The predicted octanol–water partition coefficient (Wildman–Crippen LogP) is 5.01. The van der Waals surface area contributed by atoms with Crippen molar-refractivity contribution in [2.75, 3.05) is 5.32 Å². The number of hydrogen-bond donors (Lipinski definition) is 1. The first-order valence-corrected chi connectivity index (χ1v) is 7.96. The van der Waals surface area contributed by atoms with E-state index in [4.69, 9.17) is 11.6 Å². The van der Waals surface area contributed by atoms with E-state index in [1.165, 1.54) is 12.1 Å². The van der Waals surface area contributed by atoms with Crippen LogP contribution in [0.5, 0.6) is 0 Å². The average molecular weight is 344 g/mol. The third-order valence-corrected chi connectivity index (χ3v) is 4.50. The van der Waals surface area contributed by atoms with Crippen molar-refractivity contribution >= 4 is 28.1 Å². The van der Waals surface area contributed by atoms with Crippen LogP contribution >= 0.6 is 23.1 Å². The summed E-state index contributed by atoms with van der Waals surface area (Å²) in [6, 6.07) is 17.7. The van der Waals surface area contributed by atoms with Gasteiger partial charge in [-0.15, -0.1) is 0 Å². The fourth-order valence-electron chi connectivity index (χ4n) is 2.29. The molecular weight excluding hydrogens is 333 g/mol. The lowest BCUT2D eigenvalue weighted by molar-refractivity contribution is 0.624. The molecule has 1 unspecified atom stereocenters. The Kier molecular flexibility index (Phi) is 4.56. The van der Waals surface area contributed by atoms with E-state index in [0.29, 0.717) is 10.6 Å². The van der Waals surface area contributed by atoms with E-state index in [1.54, 1.807) is 6.07 Å². The topological polar surface area (TPSA) is 48.7 Å². The largest absolute Gasteiger partial charge is 0.364 e. The van der Waals surface area contributed by atoms with Gasteiger partial charge in [-0.05, 0) is 34.8 Å². The highest BCUT2D eigenvalue weighted by Crippen LogP contribution is 2.33. The standard InChI is InChI=1S/C17H11ClFN3S/c18-16-14(10-20)17(23-22-16)21-15(11-5-2-1-3-6-11)12-7-4-8-13(19)9-12/h1-9,15,21H. The summed E-state index contributed by atoms with van der Waals surface area (Å²) in [6.07, 6.45) is 0. The number of anilines is 1. The van der Waals surface area contributed by atoms with Crippen LogP contribution in [0.4, 0.5) is 9.39 Å². The van der Waals surface area contributed by atoms with Gasteiger partial charge >= 0.3 is 0 Å². The summed E-state index contributed by atoms with van der Waals surface area (Å²) in [6.45, 7) is 0. The van der Waals surface area contributed by atoms with E-state index in [1.807, 2.05) is 42.5 Å². The third-order valence-electron chi connectivity index (χ3n) is 3.35. The highest BCUT2D eigenvalue weighted by Gasteiger charge is 2.19. The maximum atomic E-state index is 13.6. The molecule has 0 spiro atoms. The highest BCUT2D eigenvalue weighted by molar-refractivity contribution is 7.10. The van der Waals surface area contributed by atoms with Crippen molar-refractivity contribution in [1.29, 1.82) is 5.26 Å². The molecule has 0 aliphatic heterocycles. The van der Waals surface area contributed by atoms with E-state index in [-0.39, 0.29) is 17.0 Å². The molecule has 2 aromatic carbocycles. The van der Waals surface area contributed by atoms with Gasteiger partial charge in [0, 0.05) is 0 Å². The molecule has 3 nitrogen and oxygen atoms in total. The Balaban J connectivity index is 2.04. The summed E-state index contributed by atoms with van der Waals surface area (Å²) in [5, 5.41) is 13.2. The van der Waals surface area contributed by atoms with Gasteiger partial charge < -0.3 is 5.32 Å². The van der Waals surface area contributed by atoms with Gasteiger partial charge in [-0.1, -0.05) is 54.1 Å². The SMILES string of the molecule is N#Cc1c(Cl)nsc1NC(c1ccccc1)c1cccc(F)c1. The molecule has 0 fully saturated rings. The molecule has 0 saturated carbocycles. The first-order valence-electron chi connectivity index (χ1n) is 6.81. The minimum absolute atomic E-state index is 0.172. The Bertz CT molecular complexity index is 858. The van der Waals surface area contributed by atoms with Crippen LogP contribution in [0.2, 0.25) is 5.15 Å². The van der Waals surface area contributed by atoms with Crippen LogP contribution in [0.3, 0.4) is 0 Å². The normalized spacial score (nSPS) is 11.7. The number of benzene rings is 2. The molecule has 0 saturated heterocycles. The molecule has 3 aromatic rings. The number of nitrogens with zero attached hydrogens (tertiary/aromatic N) is 2. The number of nitrogens with one attached hydrogen (secondary N) is 1. The van der Waals surface area contributed by atoms with Crippen molar-refractivity contribution in [1.82, 2.24) is 4.37 Å². The predicted molar refractivity (Wildman–Crippen MR) is 90.1 cm³/mol. The Morgan fingerprint density at radius 3 is 2.57 bits per heavy atom. The lowest BCUT2D eigenvalue weighted by Gasteiger charge is -2.20. The monoisotopic (exact) mass is 343 g/mol. The van der Waals surface area contributed by atoms with Gasteiger partial charge in [-0.25, -0.2) is 4.39 Å². The summed E-state index contributed by atoms with van der Waals surface area (Å²) in [5.41, 5.74) is 2.00. The van der Waals surface area contributed by atoms with Gasteiger partial charge in [0.05, 0.1) is 6.04 Å². The molecule has 0 bridgehead atoms. The van der Waals surface area contributed by atoms with Crippen molar-refractivity contribution in [3.63, 3.8) is 0 Å². The van der Waals surface area contributed by atoms with Gasteiger partial charge in [-0.2, -0.15) is 9.64 Å². The second-order valence-electron chi connectivity index (χ2n) is 4.83. The number of aromatic nitrogens is 1. The third kappa shape index (κ3) is 3.34. The summed E-state index contributed by atoms with van der Waals surface area (Å²) in [7, 11) is 0. The van der Waals surface area contributed by atoms with E-state index < -0.39 is 0 Å². The minimum Gasteiger partial charge on any atom is -0.364 e. The first-order chi connectivity index (χ1) is 11.2. The summed E-state index contributed by atoms with van der Waals surface area (Å²) < 4.78 is 17.6. The van der Waals surface area contributed by atoms with Crippen LogP contribution in [0.1, 0.15) is 22.7 Å². The Morgan fingerprint density at radius 2 is 1.87 bits per heavy atom. The zero-order valence-corrected chi connectivity index (χ0v) is 13.4. The van der Waals surface area contributed by atoms with Gasteiger partial charge in [-0.3, -0.25) is 0 Å². The molecular formula is C17H11ClFN3S. The van der Waals surface area contributed by atoms with Crippen molar-refractivity contribution in [2.45, 2.75) is 6.04 Å². The van der Waals surface area contributed by atoms with Crippen LogP contribution < -0.4 is 5.32 Å². The van der Waals surface area contributed by atoms with E-state index in [2.05, 4.69) is 9.69 Å². The molecule has 0 amide bonds. The van der Waals surface area contributed by atoms with Crippen LogP contribution in [0.25, 0.3) is 0 Å². The zero-order chi connectivity index (χ0) is 16.2. The highest BCUT2D eigenvalue weighted by atomic mass is 35.5. The zero-order valence-electron chi connectivity index (χ0n) is 11.8. The molecule has 0 aliphatic carbocycles. The minimum atomic E-state index is -0.312. The molecule has 0 radical (unpaired) electrons. The smallest absolute Gasteiger partial charge is 0.162 e. The maximum absolute atomic E-state index is 13.6. The van der Waals surface area contributed by atoms with Crippen LogP contribution in [0.15, 0.2) is 54.6 Å². The molecule has 1 N–H and O–H groups in total. The first kappa shape index (κ1) is 15.5. The van der Waals surface area contributed by atoms with Gasteiger partial charge in [0.1, 0.15) is 22.5 Å². The van der Waals surface area contributed by atoms with Crippen molar-refractivity contribution in [2.24, 2.45) is 0 Å². The number of halogens is 2. The van der Waals surface area contributed by atoms with Crippen molar-refractivity contribution in [3.8, 4) is 6.07 Å². The summed E-state index contributed by atoms with van der Waals surface area (Å²) in [5.74, 6) is -0.312. The number of rotatable bonds is 4. The Hall–Kier alpha value is -2.42. The summed E-state index contributed by atoms with van der Waals surface area (Å²) in [4.78, 5) is 0. The molecule has 1 aromatic heterocycles. The van der Waals surface area contributed by atoms with Gasteiger partial charge in [0.2, 0.25) is 0 Å². The molecule has 1 heterocycles. The van der Waals surface area contributed by atoms with Crippen molar-refractivity contribution in [3.05, 3.63) is 82.3 Å². The fourth-order valence-corrected chi connectivity index (χ4v) is 3.25. The summed E-state index contributed by atoms with van der Waals surface area (Å²) >= 11 is 7.04. The molecule has 0 aliphatic rings. The Labute approximate surface area is 142 Å². The molecule has 114 valence electrons. The van der Waals surface area contributed by atoms with E-state index in [9.17, 15) is 9.65 Å². The Morgan fingerprint density at radius 1 is 1.13 bits per heavy atom. The fraction of sp³-hybridized carbons (Fsp3) is 0.0588. The van der Waals surface area contributed by atoms with Crippen LogP contribution in [-0.4, -0.2) is 4.37 Å². The average Bonchev–Trinajstić information content (AvgIpc) is 2.93. The lowest BCUT2D eigenvalue weighted by Crippen LogP contribution is -2.12. The second-order valence-corrected chi connectivity index (χ2v) is 5.96. The molecule has 3 rings (SSSR count). The number of nitriles is 1. The second kappa shape index (κ2) is 6.78. The van der Waals surface area contributed by atoms with Gasteiger partial charge in [0.25, 0.3) is 0 Å². The van der Waals surface area contributed by atoms with Crippen LogP contribution in [-0.2, 0) is 0 Å². The van der Waals surface area contributed by atoms with E-state index in [0.717, 1.165) is 22.7 Å². The van der Waals surface area contributed by atoms with E-state index >= 15 is 0 Å². The van der Waals surface area contributed by atoms with Gasteiger partial charge in [0.15, 0.2) is 5.15 Å². The molecule has 23 heavy (non-hydrogen) atoms. The lowest BCUT2D eigenvalue weighted by atomic mass is 9.98. The molecule has 1 atom stereocenters. The maximum Gasteiger partial charge on any atom is 0.162 e. The quantitative estimate of drug-likeness (QED) is 0.724. The molecule has 6 heteroatoms. The van der Waals surface area contributed by atoms with Crippen LogP contribution in [0, 0.1) is 17.1 Å². The van der Waals surface area contributed by atoms with Crippen molar-refractivity contribution < 1.29 is 4.39 Å².